The molecule has 0 aromatic rings. The van der Waals surface area contributed by atoms with Crippen LogP contribution < -0.4 is 11.1 Å². The van der Waals surface area contributed by atoms with Gasteiger partial charge in [0.15, 0.2) is 0 Å². The Kier molecular flexibility index (Phi) is 6.32. The second-order valence-corrected chi connectivity index (χ2v) is 7.86. The molecule has 3 N–H and O–H groups in total. The number of carbonyl (C=O) groups is 2. The van der Waals surface area contributed by atoms with Crippen LogP contribution >= 0.6 is 0 Å². The minimum Gasteiger partial charge on any atom is -0.444 e. The minimum atomic E-state index is -0.449. The van der Waals surface area contributed by atoms with E-state index in [-0.39, 0.29) is 12.1 Å². The fourth-order valence-electron chi connectivity index (χ4n) is 3.37. The minimum absolute atomic E-state index is 0.210. The number of carbonyl (C=O) groups excluding carboxylic acids is 2. The van der Waals surface area contributed by atoms with Gasteiger partial charge in [0.25, 0.3) is 0 Å². The highest BCUT2D eigenvalue weighted by molar-refractivity contribution is 5.72. The molecular weight excluding hydrogens is 308 g/mol. The van der Waals surface area contributed by atoms with Gasteiger partial charge in [-0.3, -0.25) is 0 Å². The van der Waals surface area contributed by atoms with Crippen molar-refractivity contribution in [2.75, 3.05) is 26.2 Å². The third-order valence-electron chi connectivity index (χ3n) is 4.66. The van der Waals surface area contributed by atoms with Gasteiger partial charge in [-0.1, -0.05) is 0 Å². The van der Waals surface area contributed by atoms with Crippen LogP contribution in [0.5, 0.6) is 0 Å². The average Bonchev–Trinajstić information content (AvgIpc) is 2.72. The van der Waals surface area contributed by atoms with Gasteiger partial charge in [0.1, 0.15) is 5.60 Å². The Hall–Kier alpha value is -1.50. The molecular formula is C17H32N4O3. The highest BCUT2D eigenvalue weighted by atomic mass is 16.6. The van der Waals surface area contributed by atoms with Crippen LogP contribution in [0.3, 0.4) is 0 Å². The molecule has 2 heterocycles. The molecule has 138 valence electrons. The van der Waals surface area contributed by atoms with Gasteiger partial charge in [-0.05, 0) is 52.9 Å². The summed E-state index contributed by atoms with van der Waals surface area (Å²) in [5.41, 5.74) is 4.87. The Morgan fingerprint density at radius 1 is 0.958 bits per heavy atom. The molecule has 2 fully saturated rings. The lowest BCUT2D eigenvalue weighted by molar-refractivity contribution is 0.0256. The number of urea groups is 1. The lowest BCUT2D eigenvalue weighted by atomic mass is 10.0. The first-order valence-electron chi connectivity index (χ1n) is 9.03. The summed E-state index contributed by atoms with van der Waals surface area (Å²) in [6.07, 6.45) is 4.66. The number of nitrogens with one attached hydrogen (secondary N) is 1. The third kappa shape index (κ3) is 5.85. The van der Waals surface area contributed by atoms with Crippen molar-refractivity contribution in [3.05, 3.63) is 0 Å². The Morgan fingerprint density at radius 2 is 1.50 bits per heavy atom. The summed E-state index contributed by atoms with van der Waals surface area (Å²) in [4.78, 5) is 26.9. The molecule has 0 spiro atoms. The van der Waals surface area contributed by atoms with Crippen molar-refractivity contribution in [1.82, 2.24) is 15.1 Å². The van der Waals surface area contributed by atoms with Crippen molar-refractivity contribution in [2.45, 2.75) is 70.6 Å². The van der Waals surface area contributed by atoms with Crippen LogP contribution in [-0.2, 0) is 4.74 Å². The maximum Gasteiger partial charge on any atom is 0.410 e. The van der Waals surface area contributed by atoms with Crippen LogP contribution in [0.1, 0.15) is 52.9 Å². The number of nitrogens with two attached hydrogens (primary N) is 1. The molecule has 0 radical (unpaired) electrons. The first-order chi connectivity index (χ1) is 11.2. The molecule has 2 rings (SSSR count). The van der Waals surface area contributed by atoms with E-state index in [1.54, 1.807) is 4.90 Å². The summed E-state index contributed by atoms with van der Waals surface area (Å²) in [6.45, 7) is 8.62. The molecule has 1 unspecified atom stereocenters. The molecule has 2 aliphatic heterocycles. The zero-order valence-electron chi connectivity index (χ0n) is 15.2. The highest BCUT2D eigenvalue weighted by Crippen LogP contribution is 2.18. The number of amides is 3. The number of likely N-dealkylation sites (tertiary alicyclic amines) is 2. The van der Waals surface area contributed by atoms with E-state index in [0.717, 1.165) is 58.3 Å². The van der Waals surface area contributed by atoms with E-state index in [1.807, 2.05) is 25.7 Å². The number of nitrogens with zero attached hydrogens (tertiary/aromatic N) is 2. The van der Waals surface area contributed by atoms with Gasteiger partial charge in [-0.25, -0.2) is 9.59 Å². The molecule has 0 aromatic heterocycles. The monoisotopic (exact) mass is 340 g/mol. The molecule has 7 nitrogen and oxygen atoms in total. The van der Waals surface area contributed by atoms with Crippen molar-refractivity contribution in [2.24, 2.45) is 5.73 Å². The van der Waals surface area contributed by atoms with Crippen LogP contribution in [0.4, 0.5) is 9.59 Å². The summed E-state index contributed by atoms with van der Waals surface area (Å²) >= 11 is 0. The topological polar surface area (TPSA) is 87.9 Å². The second kappa shape index (κ2) is 8.05. The molecule has 0 bridgehead atoms. The van der Waals surface area contributed by atoms with Gasteiger partial charge in [0.05, 0.1) is 0 Å². The summed E-state index contributed by atoms with van der Waals surface area (Å²) in [6, 6.07) is 0.525. The molecule has 1 atom stereocenters. The van der Waals surface area contributed by atoms with Crippen molar-refractivity contribution >= 4 is 12.1 Å². The predicted molar refractivity (Wildman–Crippen MR) is 92.8 cm³/mol. The van der Waals surface area contributed by atoms with E-state index in [4.69, 9.17) is 10.5 Å². The number of hydrogen-bond donors (Lipinski definition) is 2. The summed E-state index contributed by atoms with van der Waals surface area (Å²) < 4.78 is 5.47. The van der Waals surface area contributed by atoms with Gasteiger partial charge in [0.2, 0.25) is 0 Å². The lowest BCUT2D eigenvalue weighted by Crippen LogP contribution is -2.49. The van der Waals surface area contributed by atoms with Crippen molar-refractivity contribution in [1.29, 1.82) is 0 Å². The Balaban J connectivity index is 1.75. The predicted octanol–water partition coefficient (Wildman–Crippen LogP) is 1.91. The maximum absolute atomic E-state index is 12.2. The van der Waals surface area contributed by atoms with E-state index in [2.05, 4.69) is 5.32 Å². The third-order valence-corrected chi connectivity index (χ3v) is 4.66. The van der Waals surface area contributed by atoms with E-state index in [9.17, 15) is 9.59 Å². The normalized spacial score (nSPS) is 23.7. The van der Waals surface area contributed by atoms with Crippen LogP contribution in [0.25, 0.3) is 0 Å². The van der Waals surface area contributed by atoms with E-state index < -0.39 is 5.60 Å². The molecule has 0 aromatic carbocycles. The molecule has 2 saturated heterocycles. The van der Waals surface area contributed by atoms with E-state index in [0.29, 0.717) is 12.1 Å². The number of primary amides is 1. The van der Waals surface area contributed by atoms with Gasteiger partial charge >= 0.3 is 12.1 Å². The quantitative estimate of drug-likeness (QED) is 0.804. The van der Waals surface area contributed by atoms with Crippen LogP contribution in [-0.4, -0.2) is 65.8 Å². The van der Waals surface area contributed by atoms with Gasteiger partial charge in [0, 0.05) is 38.3 Å². The highest BCUT2D eigenvalue weighted by Gasteiger charge is 2.27. The number of hydrogen-bond acceptors (Lipinski definition) is 4. The maximum atomic E-state index is 12.2. The molecule has 0 saturated carbocycles. The largest absolute Gasteiger partial charge is 0.444 e. The SMILES string of the molecule is CC(C)(C)OC(=O)N1CCCC(NC2CCN(C(N)=O)CC2)CC1. The number of piperidine rings is 1. The second-order valence-electron chi connectivity index (χ2n) is 7.86. The molecule has 3 amide bonds. The van der Waals surface area contributed by atoms with Gasteiger partial charge in [-0.2, -0.15) is 0 Å². The smallest absolute Gasteiger partial charge is 0.410 e. The van der Waals surface area contributed by atoms with Crippen LogP contribution in [0.2, 0.25) is 0 Å². The van der Waals surface area contributed by atoms with Crippen molar-refractivity contribution in [3.63, 3.8) is 0 Å². The number of rotatable bonds is 2. The first kappa shape index (κ1) is 18.8. The zero-order valence-corrected chi connectivity index (χ0v) is 15.2. The van der Waals surface area contributed by atoms with E-state index in [1.165, 1.54) is 0 Å². The summed E-state index contributed by atoms with van der Waals surface area (Å²) in [5.74, 6) is 0. The summed E-state index contributed by atoms with van der Waals surface area (Å²) in [7, 11) is 0. The molecule has 0 aliphatic carbocycles. The van der Waals surface area contributed by atoms with Crippen molar-refractivity contribution in [3.8, 4) is 0 Å². The van der Waals surface area contributed by atoms with Gasteiger partial charge in [-0.15, -0.1) is 0 Å². The molecule has 7 heteroatoms. The molecule has 2 aliphatic rings. The number of ether oxygens (including phenoxy) is 1. The fraction of sp³-hybridized carbons (Fsp3) is 0.882. The molecule has 24 heavy (non-hydrogen) atoms. The Bertz CT molecular complexity index is 442. The van der Waals surface area contributed by atoms with E-state index >= 15 is 0 Å². The Labute approximate surface area is 144 Å². The van der Waals surface area contributed by atoms with Crippen LogP contribution in [0.15, 0.2) is 0 Å². The average molecular weight is 340 g/mol. The van der Waals surface area contributed by atoms with Gasteiger partial charge < -0.3 is 25.6 Å². The van der Waals surface area contributed by atoms with Crippen molar-refractivity contribution < 1.29 is 14.3 Å². The Morgan fingerprint density at radius 3 is 2.04 bits per heavy atom. The standard InChI is InChI=1S/C17H32N4O3/c1-17(2,3)24-16(23)21-9-4-5-13(8-12-21)19-14-6-10-20(11-7-14)15(18)22/h13-14,19H,4-12H2,1-3H3,(H2,18,22). The zero-order chi connectivity index (χ0) is 17.7. The lowest BCUT2D eigenvalue weighted by Gasteiger charge is -2.33. The summed E-state index contributed by atoms with van der Waals surface area (Å²) in [5, 5.41) is 3.71. The van der Waals surface area contributed by atoms with Crippen LogP contribution in [0, 0.1) is 0 Å². The first-order valence-corrected chi connectivity index (χ1v) is 9.03. The fourth-order valence-corrected chi connectivity index (χ4v) is 3.37.